The predicted octanol–water partition coefficient (Wildman–Crippen LogP) is 4.95. The molecule has 0 aliphatic carbocycles. The summed E-state index contributed by atoms with van der Waals surface area (Å²) in [7, 11) is 1.50. The van der Waals surface area contributed by atoms with Crippen LogP contribution in [0.4, 0.5) is 5.69 Å². The second kappa shape index (κ2) is 8.16. The smallest absolute Gasteiger partial charge is 0.300 e. The van der Waals surface area contributed by atoms with Crippen molar-refractivity contribution in [1.29, 1.82) is 0 Å². The number of anilines is 1. The average Bonchev–Trinajstić information content (AvgIpc) is 3.40. The first-order valence-electron chi connectivity index (χ1n) is 9.63. The average molecular weight is 420 g/mol. The van der Waals surface area contributed by atoms with E-state index in [0.717, 1.165) is 16.9 Å². The van der Waals surface area contributed by atoms with Gasteiger partial charge in [0.05, 0.1) is 18.2 Å². The van der Waals surface area contributed by atoms with Gasteiger partial charge in [-0.1, -0.05) is 37.3 Å². The van der Waals surface area contributed by atoms with Crippen LogP contribution in [-0.2, 0) is 16.0 Å². The molecule has 152 valence electrons. The molecule has 1 saturated heterocycles. The summed E-state index contributed by atoms with van der Waals surface area (Å²) in [5.41, 5.74) is 2.19. The number of benzene rings is 2. The van der Waals surface area contributed by atoms with Gasteiger partial charge in [0.2, 0.25) is 0 Å². The van der Waals surface area contributed by atoms with Crippen molar-refractivity contribution in [3.05, 3.63) is 87.6 Å². The van der Waals surface area contributed by atoms with Crippen molar-refractivity contribution in [1.82, 2.24) is 0 Å². The third-order valence-corrected chi connectivity index (χ3v) is 6.17. The van der Waals surface area contributed by atoms with Gasteiger partial charge in [-0.3, -0.25) is 14.5 Å². The second-order valence-electron chi connectivity index (χ2n) is 6.90. The van der Waals surface area contributed by atoms with E-state index in [1.807, 2.05) is 41.8 Å². The molecule has 1 aromatic heterocycles. The molecule has 1 unspecified atom stereocenters. The number of methoxy groups -OCH3 is 1. The molecule has 0 spiro atoms. The van der Waals surface area contributed by atoms with E-state index < -0.39 is 17.7 Å². The van der Waals surface area contributed by atoms with Crippen molar-refractivity contribution in [2.24, 2.45) is 0 Å². The van der Waals surface area contributed by atoms with E-state index in [-0.39, 0.29) is 11.3 Å². The SMILES string of the molecule is CCc1ccc(N2C(=O)C(=O)/C(=C(\O)c3ccccc3OC)C2c2cccs2)cc1. The first-order valence-corrected chi connectivity index (χ1v) is 10.5. The molecule has 0 saturated carbocycles. The van der Waals surface area contributed by atoms with Crippen LogP contribution in [0.25, 0.3) is 5.76 Å². The third-order valence-electron chi connectivity index (χ3n) is 5.24. The minimum Gasteiger partial charge on any atom is -0.507 e. The number of rotatable bonds is 5. The van der Waals surface area contributed by atoms with Crippen molar-refractivity contribution < 1.29 is 19.4 Å². The zero-order chi connectivity index (χ0) is 21.3. The minimum absolute atomic E-state index is 0.0616. The fraction of sp³-hybridized carbons (Fsp3) is 0.167. The van der Waals surface area contributed by atoms with Crippen molar-refractivity contribution in [3.8, 4) is 5.75 Å². The van der Waals surface area contributed by atoms with Crippen LogP contribution >= 0.6 is 11.3 Å². The number of aryl methyl sites for hydroxylation is 1. The molecule has 3 aromatic rings. The zero-order valence-electron chi connectivity index (χ0n) is 16.7. The number of ketones is 1. The van der Waals surface area contributed by atoms with Gasteiger partial charge in [-0.2, -0.15) is 0 Å². The Morgan fingerprint density at radius 2 is 1.80 bits per heavy atom. The lowest BCUT2D eigenvalue weighted by Gasteiger charge is -2.24. The van der Waals surface area contributed by atoms with Gasteiger partial charge in [0.1, 0.15) is 17.6 Å². The summed E-state index contributed by atoms with van der Waals surface area (Å²) in [5, 5.41) is 13.0. The van der Waals surface area contributed by atoms with Crippen LogP contribution in [0.3, 0.4) is 0 Å². The molecular weight excluding hydrogens is 398 g/mol. The monoisotopic (exact) mass is 419 g/mol. The van der Waals surface area contributed by atoms with Crippen LogP contribution in [-0.4, -0.2) is 23.9 Å². The Kier molecular flexibility index (Phi) is 5.42. The summed E-state index contributed by atoms with van der Waals surface area (Å²) in [6, 6.07) is 17.5. The summed E-state index contributed by atoms with van der Waals surface area (Å²) in [6.07, 6.45) is 0.876. The maximum atomic E-state index is 13.1. The molecule has 6 heteroatoms. The maximum Gasteiger partial charge on any atom is 0.300 e. The summed E-state index contributed by atoms with van der Waals surface area (Å²) in [4.78, 5) is 28.4. The number of nitrogens with zero attached hydrogens (tertiary/aromatic N) is 1. The van der Waals surface area contributed by atoms with Crippen LogP contribution in [0.5, 0.6) is 5.75 Å². The summed E-state index contributed by atoms with van der Waals surface area (Å²) < 4.78 is 5.35. The molecule has 1 N–H and O–H groups in total. The summed E-state index contributed by atoms with van der Waals surface area (Å²) in [6.45, 7) is 2.06. The topological polar surface area (TPSA) is 66.8 Å². The molecule has 1 aliphatic rings. The first kappa shape index (κ1) is 19.9. The van der Waals surface area contributed by atoms with Crippen LogP contribution in [0.15, 0.2) is 71.6 Å². The minimum atomic E-state index is -0.712. The molecule has 1 amide bonds. The van der Waals surface area contributed by atoms with Crippen LogP contribution in [0, 0.1) is 0 Å². The molecule has 1 atom stereocenters. The Balaban J connectivity index is 1.91. The number of thiophene rings is 1. The Bertz CT molecular complexity index is 1120. The Morgan fingerprint density at radius 3 is 2.43 bits per heavy atom. The fourth-order valence-corrected chi connectivity index (χ4v) is 4.52. The predicted molar refractivity (Wildman–Crippen MR) is 118 cm³/mol. The Hall–Kier alpha value is -3.38. The number of para-hydroxylation sites is 1. The van der Waals surface area contributed by atoms with Gasteiger partial charge in [-0.25, -0.2) is 0 Å². The van der Waals surface area contributed by atoms with Crippen molar-refractivity contribution >= 4 is 34.5 Å². The van der Waals surface area contributed by atoms with E-state index in [2.05, 4.69) is 6.92 Å². The molecule has 2 aromatic carbocycles. The molecule has 5 nitrogen and oxygen atoms in total. The Morgan fingerprint density at radius 1 is 1.07 bits per heavy atom. The molecule has 1 aliphatic heterocycles. The lowest BCUT2D eigenvalue weighted by molar-refractivity contribution is -0.132. The van der Waals surface area contributed by atoms with Crippen molar-refractivity contribution in [2.45, 2.75) is 19.4 Å². The molecular formula is C24H21NO4S. The van der Waals surface area contributed by atoms with Gasteiger partial charge >= 0.3 is 0 Å². The molecule has 0 radical (unpaired) electrons. The largest absolute Gasteiger partial charge is 0.507 e. The van der Waals surface area contributed by atoms with Gasteiger partial charge in [0.25, 0.3) is 11.7 Å². The number of aliphatic hydroxyl groups is 1. The van der Waals surface area contributed by atoms with E-state index >= 15 is 0 Å². The van der Waals surface area contributed by atoms with Crippen LogP contribution in [0.2, 0.25) is 0 Å². The van der Waals surface area contributed by atoms with E-state index in [4.69, 9.17) is 4.74 Å². The standard InChI is InChI=1S/C24H21NO4S/c1-3-15-10-12-16(13-11-15)25-21(19-9-6-14-30-19)20(23(27)24(25)28)22(26)17-7-4-5-8-18(17)29-2/h4-14,21,26H,3H2,1-2H3/b22-20-. The van der Waals surface area contributed by atoms with Crippen LogP contribution < -0.4 is 9.64 Å². The third kappa shape index (κ3) is 3.29. The molecule has 2 heterocycles. The number of ether oxygens (including phenoxy) is 1. The highest BCUT2D eigenvalue weighted by Crippen LogP contribution is 2.44. The lowest BCUT2D eigenvalue weighted by Crippen LogP contribution is -2.29. The highest BCUT2D eigenvalue weighted by molar-refractivity contribution is 7.10. The van der Waals surface area contributed by atoms with Gasteiger partial charge in [-0.15, -0.1) is 11.3 Å². The van der Waals surface area contributed by atoms with Gasteiger partial charge in [-0.05, 0) is 47.7 Å². The number of carbonyl (C=O) groups excluding carboxylic acids is 2. The number of amides is 1. The quantitative estimate of drug-likeness (QED) is 0.361. The van der Waals surface area contributed by atoms with E-state index in [1.165, 1.54) is 23.3 Å². The first-order chi connectivity index (χ1) is 14.6. The number of hydrogen-bond acceptors (Lipinski definition) is 5. The summed E-state index contributed by atoms with van der Waals surface area (Å²) in [5.74, 6) is -1.18. The number of hydrogen-bond donors (Lipinski definition) is 1. The van der Waals surface area contributed by atoms with Gasteiger partial charge in [0, 0.05) is 10.6 Å². The second-order valence-corrected chi connectivity index (χ2v) is 7.88. The molecule has 0 bridgehead atoms. The van der Waals surface area contributed by atoms with E-state index in [9.17, 15) is 14.7 Å². The van der Waals surface area contributed by atoms with Crippen LogP contribution in [0.1, 0.15) is 29.0 Å². The molecule has 1 fully saturated rings. The highest BCUT2D eigenvalue weighted by Gasteiger charge is 2.47. The fourth-order valence-electron chi connectivity index (χ4n) is 3.69. The maximum absolute atomic E-state index is 13.1. The molecule has 30 heavy (non-hydrogen) atoms. The normalized spacial score (nSPS) is 18.1. The Labute approximate surface area is 178 Å². The number of carbonyl (C=O) groups is 2. The van der Waals surface area contributed by atoms with Gasteiger partial charge < -0.3 is 9.84 Å². The summed E-state index contributed by atoms with van der Waals surface area (Å²) >= 11 is 1.43. The van der Waals surface area contributed by atoms with Gasteiger partial charge in [0.15, 0.2) is 0 Å². The van der Waals surface area contributed by atoms with E-state index in [0.29, 0.717) is 17.0 Å². The van der Waals surface area contributed by atoms with E-state index in [1.54, 1.807) is 24.3 Å². The highest BCUT2D eigenvalue weighted by atomic mass is 32.1. The number of Topliss-reactive ketones (excluding diaryl/α,β-unsaturated/α-hetero) is 1. The van der Waals surface area contributed by atoms with Crippen molar-refractivity contribution in [3.63, 3.8) is 0 Å². The molecule has 4 rings (SSSR count). The zero-order valence-corrected chi connectivity index (χ0v) is 17.5. The number of aliphatic hydroxyl groups excluding tert-OH is 1. The van der Waals surface area contributed by atoms with Crippen molar-refractivity contribution in [2.75, 3.05) is 12.0 Å². The lowest BCUT2D eigenvalue weighted by atomic mass is 9.99.